The van der Waals surface area contributed by atoms with Crippen LogP contribution in [0.25, 0.3) is 27.8 Å². The molecule has 0 bridgehead atoms. The van der Waals surface area contributed by atoms with Gasteiger partial charge in [0.2, 0.25) is 0 Å². The highest BCUT2D eigenvalue weighted by Crippen LogP contribution is 2.35. The van der Waals surface area contributed by atoms with Gasteiger partial charge in [-0.3, -0.25) is 4.57 Å². The first-order valence-corrected chi connectivity index (χ1v) is 11.8. The van der Waals surface area contributed by atoms with E-state index >= 15 is 0 Å². The number of pyridine rings is 2. The summed E-state index contributed by atoms with van der Waals surface area (Å²) in [6.07, 6.45) is 3.62. The lowest BCUT2D eigenvalue weighted by molar-refractivity contribution is 0.482. The summed E-state index contributed by atoms with van der Waals surface area (Å²) in [5, 5.41) is 2.14. The lowest BCUT2D eigenvalue weighted by Crippen LogP contribution is -2.47. The van der Waals surface area contributed by atoms with Gasteiger partial charge >= 0.3 is 7.05 Å². The standard InChI is InChI=1S/C29H21BN4O2/c1-33-26-14-2-3-15-27(26)36-30(33)20-8-4-10-22(18-20)35-23-11-5-9-21(19-23)34-28-24(12-6-16-31-28)25-13-7-17-32-29(25)34/h2-19H,1H3. The van der Waals surface area contributed by atoms with Gasteiger partial charge in [0.1, 0.15) is 28.5 Å². The Morgan fingerprint density at radius 2 is 1.42 bits per heavy atom. The summed E-state index contributed by atoms with van der Waals surface area (Å²) >= 11 is 0. The molecule has 7 rings (SSSR count). The molecule has 0 amide bonds. The van der Waals surface area contributed by atoms with Crippen molar-refractivity contribution in [2.24, 2.45) is 0 Å². The van der Waals surface area contributed by atoms with Crippen molar-refractivity contribution >= 4 is 40.3 Å². The smallest absolute Gasteiger partial charge is 0.519 e. The van der Waals surface area contributed by atoms with E-state index in [1.807, 2.05) is 92.2 Å². The van der Waals surface area contributed by atoms with E-state index in [1.54, 1.807) is 0 Å². The summed E-state index contributed by atoms with van der Waals surface area (Å²) in [6, 6.07) is 32.2. The van der Waals surface area contributed by atoms with Crippen LogP contribution in [-0.4, -0.2) is 28.6 Å². The number of para-hydroxylation sites is 2. The van der Waals surface area contributed by atoms with Crippen LogP contribution in [0.15, 0.2) is 109 Å². The molecule has 0 atom stereocenters. The maximum Gasteiger partial charge on any atom is 0.519 e. The molecule has 6 aromatic rings. The van der Waals surface area contributed by atoms with E-state index in [0.717, 1.165) is 56.2 Å². The van der Waals surface area contributed by atoms with Crippen molar-refractivity contribution in [1.29, 1.82) is 0 Å². The van der Waals surface area contributed by atoms with E-state index in [4.69, 9.17) is 9.39 Å². The number of hydrogen-bond donors (Lipinski definition) is 0. The lowest BCUT2D eigenvalue weighted by atomic mass is 9.72. The fourth-order valence-corrected chi connectivity index (χ4v) is 4.93. The van der Waals surface area contributed by atoms with Gasteiger partial charge in [0.15, 0.2) is 0 Å². The van der Waals surface area contributed by atoms with Gasteiger partial charge in [-0.15, -0.1) is 0 Å². The molecule has 6 nitrogen and oxygen atoms in total. The van der Waals surface area contributed by atoms with E-state index in [9.17, 15) is 0 Å². The summed E-state index contributed by atoms with van der Waals surface area (Å²) in [5.74, 6) is 2.36. The summed E-state index contributed by atoms with van der Waals surface area (Å²) in [5.41, 5.74) is 4.78. The largest absolute Gasteiger partial charge is 0.536 e. The average molecular weight is 468 g/mol. The number of aromatic nitrogens is 3. The Labute approximate surface area is 208 Å². The number of ether oxygens (including phenoxy) is 1. The number of benzene rings is 3. The summed E-state index contributed by atoms with van der Waals surface area (Å²) in [4.78, 5) is 11.4. The van der Waals surface area contributed by atoms with Gasteiger partial charge in [0, 0.05) is 29.2 Å². The first-order valence-electron chi connectivity index (χ1n) is 11.8. The highest BCUT2D eigenvalue weighted by molar-refractivity contribution is 6.73. The monoisotopic (exact) mass is 468 g/mol. The summed E-state index contributed by atoms with van der Waals surface area (Å²) in [6.45, 7) is 0. The normalized spacial score (nSPS) is 12.7. The quantitative estimate of drug-likeness (QED) is 0.316. The molecule has 0 saturated heterocycles. The molecule has 36 heavy (non-hydrogen) atoms. The number of rotatable bonds is 4. The molecule has 172 valence electrons. The minimum absolute atomic E-state index is 0.202. The Morgan fingerprint density at radius 1 is 0.722 bits per heavy atom. The minimum atomic E-state index is -0.202. The highest BCUT2D eigenvalue weighted by Gasteiger charge is 2.35. The lowest BCUT2D eigenvalue weighted by Gasteiger charge is -2.17. The van der Waals surface area contributed by atoms with Crippen LogP contribution in [0.5, 0.6) is 17.2 Å². The van der Waals surface area contributed by atoms with E-state index in [-0.39, 0.29) is 7.05 Å². The Hall–Kier alpha value is -4.78. The van der Waals surface area contributed by atoms with Crippen LogP contribution in [0.4, 0.5) is 5.69 Å². The molecule has 3 aromatic heterocycles. The van der Waals surface area contributed by atoms with E-state index < -0.39 is 0 Å². The molecule has 0 unspecified atom stereocenters. The van der Waals surface area contributed by atoms with Crippen molar-refractivity contribution < 1.29 is 9.39 Å². The molecule has 3 aromatic carbocycles. The Bertz CT molecular complexity index is 1700. The van der Waals surface area contributed by atoms with Crippen LogP contribution >= 0.6 is 0 Å². The second kappa shape index (κ2) is 8.17. The highest BCUT2D eigenvalue weighted by atomic mass is 16.5. The van der Waals surface area contributed by atoms with Gasteiger partial charge in [-0.05, 0) is 73.2 Å². The van der Waals surface area contributed by atoms with E-state index in [1.165, 1.54) is 0 Å². The molecule has 0 N–H and O–H groups in total. The minimum Gasteiger partial charge on any atom is -0.536 e. The van der Waals surface area contributed by atoms with Gasteiger partial charge in [-0.2, -0.15) is 0 Å². The molecule has 7 heteroatoms. The fraction of sp³-hybridized carbons (Fsp3) is 0.0345. The number of nitrogens with zero attached hydrogens (tertiary/aromatic N) is 4. The van der Waals surface area contributed by atoms with Crippen LogP contribution in [0.1, 0.15) is 0 Å². The molecule has 0 saturated carbocycles. The molecule has 0 spiro atoms. The molecular weight excluding hydrogens is 447 g/mol. The predicted octanol–water partition coefficient (Wildman–Crippen LogP) is 5.59. The number of hydrogen-bond acceptors (Lipinski definition) is 5. The third kappa shape index (κ3) is 3.28. The van der Waals surface area contributed by atoms with Crippen LogP contribution in [-0.2, 0) is 0 Å². The van der Waals surface area contributed by atoms with Gasteiger partial charge in [-0.1, -0.05) is 30.3 Å². The van der Waals surface area contributed by atoms with Crippen LogP contribution in [0.3, 0.4) is 0 Å². The van der Waals surface area contributed by atoms with Crippen LogP contribution < -0.4 is 19.7 Å². The van der Waals surface area contributed by atoms with Crippen molar-refractivity contribution in [2.45, 2.75) is 0 Å². The van der Waals surface area contributed by atoms with Crippen LogP contribution in [0, 0.1) is 0 Å². The van der Waals surface area contributed by atoms with Crippen molar-refractivity contribution in [1.82, 2.24) is 14.5 Å². The van der Waals surface area contributed by atoms with Gasteiger partial charge in [0.05, 0.1) is 11.4 Å². The van der Waals surface area contributed by atoms with Crippen molar-refractivity contribution in [3.05, 3.63) is 109 Å². The second-order valence-corrected chi connectivity index (χ2v) is 8.81. The average Bonchev–Trinajstić information content (AvgIpc) is 3.44. The van der Waals surface area contributed by atoms with E-state index in [2.05, 4.69) is 43.6 Å². The zero-order chi connectivity index (χ0) is 24.1. The summed E-state index contributed by atoms with van der Waals surface area (Å²) in [7, 11) is 1.84. The molecule has 1 aliphatic heterocycles. The SMILES string of the molecule is CN1B(c2cccc(Oc3cccc(-n4c5ncccc5c5cccnc54)c3)c2)Oc2ccccc21. The topological polar surface area (TPSA) is 52.4 Å². The zero-order valence-corrected chi connectivity index (χ0v) is 19.6. The van der Waals surface area contributed by atoms with E-state index in [0.29, 0.717) is 0 Å². The third-order valence-corrected chi connectivity index (χ3v) is 6.58. The van der Waals surface area contributed by atoms with Crippen molar-refractivity contribution in [3.8, 4) is 22.9 Å². The van der Waals surface area contributed by atoms with Gasteiger partial charge in [0.25, 0.3) is 0 Å². The zero-order valence-electron chi connectivity index (χ0n) is 19.6. The Morgan fingerprint density at radius 3 is 2.17 bits per heavy atom. The second-order valence-electron chi connectivity index (χ2n) is 8.81. The first-order chi connectivity index (χ1) is 17.8. The van der Waals surface area contributed by atoms with Crippen LogP contribution in [0.2, 0.25) is 0 Å². The molecule has 1 aliphatic rings. The Kier molecular flexibility index (Phi) is 4.67. The summed E-state index contributed by atoms with van der Waals surface area (Å²) < 4.78 is 14.6. The molecule has 0 fully saturated rings. The van der Waals surface area contributed by atoms with Crippen molar-refractivity contribution in [2.75, 3.05) is 11.9 Å². The first kappa shape index (κ1) is 20.6. The fourth-order valence-electron chi connectivity index (χ4n) is 4.93. The predicted molar refractivity (Wildman–Crippen MR) is 144 cm³/mol. The molecule has 4 heterocycles. The number of fused-ring (bicyclic) bond motifs is 4. The van der Waals surface area contributed by atoms with Crippen molar-refractivity contribution in [3.63, 3.8) is 0 Å². The Balaban J connectivity index is 1.23. The molecule has 0 aliphatic carbocycles. The van der Waals surface area contributed by atoms with Gasteiger partial charge < -0.3 is 14.2 Å². The van der Waals surface area contributed by atoms with Gasteiger partial charge in [-0.25, -0.2) is 9.97 Å². The number of anilines is 1. The molecule has 0 radical (unpaired) electrons. The third-order valence-electron chi connectivity index (χ3n) is 6.58. The maximum absolute atomic E-state index is 6.33. The molecular formula is C29H21BN4O2. The maximum atomic E-state index is 6.33.